The summed E-state index contributed by atoms with van der Waals surface area (Å²) < 4.78 is 41.5. The van der Waals surface area contributed by atoms with E-state index in [1.807, 2.05) is 6.92 Å². The number of hydrogen-bond donors (Lipinski definition) is 1. The zero-order valence-corrected chi connectivity index (χ0v) is 22.5. The van der Waals surface area contributed by atoms with Crippen LogP contribution in [-0.2, 0) is 26.2 Å². The number of rotatable bonds is 9. The first-order valence-corrected chi connectivity index (χ1v) is 14.2. The summed E-state index contributed by atoms with van der Waals surface area (Å²) in [6, 6.07) is 10.1. The molecule has 0 radical (unpaired) electrons. The van der Waals surface area contributed by atoms with Crippen molar-refractivity contribution in [1.29, 1.82) is 0 Å². The normalized spacial score (nSPS) is 15.0. The first-order chi connectivity index (χ1) is 16.5. The van der Waals surface area contributed by atoms with Crippen molar-refractivity contribution in [2.75, 3.05) is 17.1 Å². The number of hydrogen-bond acceptors (Lipinski definition) is 4. The van der Waals surface area contributed by atoms with E-state index in [1.165, 1.54) is 11.0 Å². The summed E-state index contributed by atoms with van der Waals surface area (Å²) in [6.07, 6.45) is 4.85. The Labute approximate surface area is 214 Å². The molecule has 35 heavy (non-hydrogen) atoms. The molecule has 7 nitrogen and oxygen atoms in total. The molecule has 1 atom stereocenters. The molecular weight excluding hydrogens is 537 g/mol. The van der Waals surface area contributed by atoms with Gasteiger partial charge >= 0.3 is 0 Å². The first-order valence-electron chi connectivity index (χ1n) is 11.5. The van der Waals surface area contributed by atoms with Crippen molar-refractivity contribution in [1.82, 2.24) is 10.2 Å². The van der Waals surface area contributed by atoms with E-state index < -0.39 is 34.3 Å². The van der Waals surface area contributed by atoms with Crippen LogP contribution in [-0.4, -0.2) is 50.0 Å². The number of halogens is 2. The topological polar surface area (TPSA) is 86.8 Å². The van der Waals surface area contributed by atoms with Gasteiger partial charge in [-0.25, -0.2) is 12.8 Å². The van der Waals surface area contributed by atoms with Crippen LogP contribution in [0.25, 0.3) is 0 Å². The Balaban J connectivity index is 1.90. The molecule has 2 aromatic carbocycles. The number of nitrogens with one attached hydrogen (secondary N) is 1. The summed E-state index contributed by atoms with van der Waals surface area (Å²) in [5, 5.41) is 2.98. The van der Waals surface area contributed by atoms with Gasteiger partial charge in [-0.1, -0.05) is 47.0 Å². The Bertz CT molecular complexity index is 1180. The van der Waals surface area contributed by atoms with Crippen molar-refractivity contribution >= 4 is 43.5 Å². The third-order valence-electron chi connectivity index (χ3n) is 6.28. The smallest absolute Gasteiger partial charge is 0.244 e. The number of carbonyl (C=O) groups excluding carboxylic acids is 2. The highest BCUT2D eigenvalue weighted by Gasteiger charge is 2.31. The Morgan fingerprint density at radius 2 is 1.83 bits per heavy atom. The summed E-state index contributed by atoms with van der Waals surface area (Å²) >= 11 is 3.39. The average Bonchev–Trinajstić information content (AvgIpc) is 3.30. The van der Waals surface area contributed by atoms with Crippen molar-refractivity contribution in [3.05, 3.63) is 63.9 Å². The standard InChI is InChI=1S/C25H31BrFN3O4S/c1-17-14-21(12-13-22(17)26)30(35(3,33)34)16-24(31)29(15-19-8-4-7-11-23(19)27)18(2)25(32)28-20-9-5-6-10-20/h4,7-8,11-14,18,20H,5-6,9-10,15-16H2,1-3H3,(H,28,32)/t18-/m1/s1. The Morgan fingerprint density at radius 1 is 1.17 bits per heavy atom. The molecule has 3 rings (SSSR count). The number of benzene rings is 2. The summed E-state index contributed by atoms with van der Waals surface area (Å²) in [5.41, 5.74) is 1.37. The minimum Gasteiger partial charge on any atom is -0.352 e. The highest BCUT2D eigenvalue weighted by atomic mass is 79.9. The van der Waals surface area contributed by atoms with Crippen LogP contribution in [0, 0.1) is 12.7 Å². The lowest BCUT2D eigenvalue weighted by molar-refractivity contribution is -0.139. The van der Waals surface area contributed by atoms with Gasteiger partial charge in [0.15, 0.2) is 0 Å². The molecule has 0 aromatic heterocycles. The summed E-state index contributed by atoms with van der Waals surface area (Å²) in [4.78, 5) is 27.8. The maximum Gasteiger partial charge on any atom is 0.244 e. The quantitative estimate of drug-likeness (QED) is 0.493. The van der Waals surface area contributed by atoms with E-state index in [9.17, 15) is 22.4 Å². The second-order valence-corrected chi connectivity index (χ2v) is 11.7. The second kappa shape index (κ2) is 11.5. The van der Waals surface area contributed by atoms with E-state index in [1.54, 1.807) is 43.3 Å². The fourth-order valence-corrected chi connectivity index (χ4v) is 5.27. The predicted molar refractivity (Wildman–Crippen MR) is 138 cm³/mol. The van der Waals surface area contributed by atoms with Gasteiger partial charge in [-0.05, 0) is 56.5 Å². The fraction of sp³-hybridized carbons (Fsp3) is 0.440. The van der Waals surface area contributed by atoms with Crippen LogP contribution in [0.15, 0.2) is 46.9 Å². The summed E-state index contributed by atoms with van der Waals surface area (Å²) in [7, 11) is -3.83. The monoisotopic (exact) mass is 567 g/mol. The van der Waals surface area contributed by atoms with Gasteiger partial charge in [0.05, 0.1) is 11.9 Å². The van der Waals surface area contributed by atoms with Gasteiger partial charge in [-0.2, -0.15) is 0 Å². The van der Waals surface area contributed by atoms with Crippen molar-refractivity contribution in [3.63, 3.8) is 0 Å². The molecule has 190 valence electrons. The van der Waals surface area contributed by atoms with E-state index in [2.05, 4.69) is 21.2 Å². The molecule has 1 aliphatic rings. The molecule has 2 aromatic rings. The van der Waals surface area contributed by atoms with Gasteiger partial charge in [-0.15, -0.1) is 0 Å². The molecule has 0 saturated heterocycles. The van der Waals surface area contributed by atoms with Gasteiger partial charge in [0, 0.05) is 22.6 Å². The average molecular weight is 569 g/mol. The van der Waals surface area contributed by atoms with Crippen molar-refractivity contribution in [3.8, 4) is 0 Å². The molecule has 10 heteroatoms. The van der Waals surface area contributed by atoms with Crippen molar-refractivity contribution in [2.45, 2.75) is 58.2 Å². The molecule has 1 fully saturated rings. The molecule has 0 spiro atoms. The summed E-state index contributed by atoms with van der Waals surface area (Å²) in [6.45, 7) is 2.71. The lowest BCUT2D eigenvalue weighted by atomic mass is 10.1. The molecule has 1 saturated carbocycles. The van der Waals surface area contributed by atoms with Crippen LogP contribution in [0.4, 0.5) is 10.1 Å². The number of nitrogens with zero attached hydrogens (tertiary/aromatic N) is 2. The minimum atomic E-state index is -3.83. The number of sulfonamides is 1. The number of carbonyl (C=O) groups is 2. The van der Waals surface area contributed by atoms with E-state index >= 15 is 0 Å². The lowest BCUT2D eigenvalue weighted by Crippen LogP contribution is -2.52. The molecule has 0 aliphatic heterocycles. The zero-order valence-electron chi connectivity index (χ0n) is 20.1. The van der Waals surface area contributed by atoms with Gasteiger partial charge in [0.2, 0.25) is 21.8 Å². The van der Waals surface area contributed by atoms with Gasteiger partial charge in [0.25, 0.3) is 0 Å². The summed E-state index contributed by atoms with van der Waals surface area (Å²) in [5.74, 6) is -1.45. The van der Waals surface area contributed by atoms with E-state index in [0.717, 1.165) is 46.3 Å². The maximum atomic E-state index is 14.5. The third-order valence-corrected chi connectivity index (χ3v) is 8.31. The molecule has 2 amide bonds. The third kappa shape index (κ3) is 7.04. The van der Waals surface area contributed by atoms with Crippen LogP contribution >= 0.6 is 15.9 Å². The maximum absolute atomic E-state index is 14.5. The minimum absolute atomic E-state index is 0.0497. The largest absolute Gasteiger partial charge is 0.352 e. The lowest BCUT2D eigenvalue weighted by Gasteiger charge is -2.32. The first kappa shape index (κ1) is 27.1. The van der Waals surface area contributed by atoms with Crippen LogP contribution in [0.2, 0.25) is 0 Å². The molecule has 0 bridgehead atoms. The highest BCUT2D eigenvalue weighted by molar-refractivity contribution is 9.10. The van der Waals surface area contributed by atoms with E-state index in [4.69, 9.17) is 0 Å². The van der Waals surface area contributed by atoms with Crippen LogP contribution in [0.5, 0.6) is 0 Å². The van der Waals surface area contributed by atoms with Crippen LogP contribution < -0.4 is 9.62 Å². The second-order valence-electron chi connectivity index (χ2n) is 8.98. The van der Waals surface area contributed by atoms with Crippen LogP contribution in [0.1, 0.15) is 43.7 Å². The Morgan fingerprint density at radius 3 is 2.43 bits per heavy atom. The predicted octanol–water partition coefficient (Wildman–Crippen LogP) is 4.14. The Hall–Kier alpha value is -2.46. The van der Waals surface area contributed by atoms with Crippen LogP contribution in [0.3, 0.4) is 0 Å². The number of amides is 2. The molecule has 1 N–H and O–H groups in total. The molecular formula is C25H31BrFN3O4S. The fourth-order valence-electron chi connectivity index (χ4n) is 4.18. The van der Waals surface area contributed by atoms with E-state index in [0.29, 0.717) is 5.69 Å². The van der Waals surface area contributed by atoms with Gasteiger partial charge in [0.1, 0.15) is 18.4 Å². The van der Waals surface area contributed by atoms with Crippen molar-refractivity contribution in [2.24, 2.45) is 0 Å². The van der Waals surface area contributed by atoms with Gasteiger partial charge < -0.3 is 10.2 Å². The molecule has 0 heterocycles. The molecule has 1 aliphatic carbocycles. The molecule has 0 unspecified atom stereocenters. The number of anilines is 1. The van der Waals surface area contributed by atoms with Crippen molar-refractivity contribution < 1.29 is 22.4 Å². The van der Waals surface area contributed by atoms with E-state index in [-0.39, 0.29) is 24.1 Å². The van der Waals surface area contributed by atoms with Gasteiger partial charge in [-0.3, -0.25) is 13.9 Å². The zero-order chi connectivity index (χ0) is 25.8. The highest BCUT2D eigenvalue weighted by Crippen LogP contribution is 2.25. The SMILES string of the molecule is Cc1cc(N(CC(=O)N(Cc2ccccc2F)[C@H](C)C(=O)NC2CCCC2)S(C)(=O)=O)ccc1Br. The Kier molecular flexibility index (Phi) is 8.93. The number of aryl methyl sites for hydroxylation is 1.